The van der Waals surface area contributed by atoms with Crippen LogP contribution in [-0.4, -0.2) is 17.6 Å². The molecule has 0 aliphatic heterocycles. The summed E-state index contributed by atoms with van der Waals surface area (Å²) in [5, 5.41) is 4.95. The van der Waals surface area contributed by atoms with Gasteiger partial charge in [0.2, 0.25) is 0 Å². The van der Waals surface area contributed by atoms with Crippen molar-refractivity contribution in [1.29, 1.82) is 0 Å². The normalized spacial score (nSPS) is 20.1. The Hall–Kier alpha value is -0.410. The van der Waals surface area contributed by atoms with Crippen molar-refractivity contribution < 1.29 is 0 Å². The van der Waals surface area contributed by atoms with Gasteiger partial charge in [-0.25, -0.2) is 4.98 Å². The van der Waals surface area contributed by atoms with Crippen molar-refractivity contribution in [2.75, 3.05) is 6.54 Å². The lowest BCUT2D eigenvalue weighted by Crippen LogP contribution is -2.34. The second-order valence-electron chi connectivity index (χ2n) is 4.97. The first-order valence-electron chi connectivity index (χ1n) is 6.42. The van der Waals surface area contributed by atoms with E-state index in [-0.39, 0.29) is 0 Å². The lowest BCUT2D eigenvalue weighted by atomic mass is 9.97. The van der Waals surface area contributed by atoms with E-state index < -0.39 is 0 Å². The quantitative estimate of drug-likeness (QED) is 0.872. The Labute approximate surface area is 102 Å². The smallest absolute Gasteiger partial charge is 0.0956 e. The molecular weight excluding hydrogens is 216 g/mol. The molecule has 3 heteroatoms. The Morgan fingerprint density at radius 1 is 1.50 bits per heavy atom. The van der Waals surface area contributed by atoms with Gasteiger partial charge in [-0.3, -0.25) is 0 Å². The fraction of sp³-hybridized carbons (Fsp3) is 0.769. The zero-order chi connectivity index (χ0) is 11.5. The van der Waals surface area contributed by atoms with Crippen LogP contribution in [0.25, 0.3) is 0 Å². The van der Waals surface area contributed by atoms with Crippen LogP contribution in [0, 0.1) is 0 Å². The van der Waals surface area contributed by atoms with Crippen LogP contribution >= 0.6 is 11.3 Å². The van der Waals surface area contributed by atoms with Crippen LogP contribution in [-0.2, 0) is 12.8 Å². The lowest BCUT2D eigenvalue weighted by molar-refractivity contribution is 0.459. The van der Waals surface area contributed by atoms with Gasteiger partial charge in [0.05, 0.1) is 10.7 Å². The molecule has 1 atom stereocenters. The van der Waals surface area contributed by atoms with E-state index in [1.54, 1.807) is 0 Å². The highest BCUT2D eigenvalue weighted by molar-refractivity contribution is 7.11. The van der Waals surface area contributed by atoms with Crippen LogP contribution in [0.3, 0.4) is 0 Å². The molecule has 90 valence electrons. The van der Waals surface area contributed by atoms with Gasteiger partial charge in [-0.2, -0.15) is 0 Å². The number of thiazole rings is 1. The predicted molar refractivity (Wildman–Crippen MR) is 70.3 cm³/mol. The van der Waals surface area contributed by atoms with Crippen LogP contribution in [0.1, 0.15) is 55.1 Å². The van der Waals surface area contributed by atoms with E-state index in [4.69, 9.17) is 4.98 Å². The lowest BCUT2D eigenvalue weighted by Gasteiger charge is -2.22. The van der Waals surface area contributed by atoms with Crippen LogP contribution in [0.5, 0.6) is 0 Å². The Bertz CT molecular complexity index is 344. The molecule has 1 aromatic rings. The number of rotatable bonds is 4. The minimum atomic E-state index is 0.581. The molecule has 1 aliphatic carbocycles. The molecule has 1 heterocycles. The maximum absolute atomic E-state index is 4.76. The number of aryl methyl sites for hydroxylation is 1. The minimum absolute atomic E-state index is 0.581. The minimum Gasteiger partial charge on any atom is -0.314 e. The van der Waals surface area contributed by atoms with E-state index in [0.29, 0.717) is 12.0 Å². The maximum atomic E-state index is 4.76. The van der Waals surface area contributed by atoms with Gasteiger partial charge in [-0.05, 0) is 32.2 Å². The van der Waals surface area contributed by atoms with Gasteiger partial charge in [0.25, 0.3) is 0 Å². The molecular formula is C13H22N2S. The molecule has 0 aromatic carbocycles. The number of nitrogens with one attached hydrogen (secondary N) is 1. The van der Waals surface area contributed by atoms with E-state index in [9.17, 15) is 0 Å². The molecule has 0 saturated carbocycles. The highest BCUT2D eigenvalue weighted by Gasteiger charge is 2.22. The van der Waals surface area contributed by atoms with E-state index in [2.05, 4.69) is 26.1 Å². The van der Waals surface area contributed by atoms with E-state index in [1.165, 1.54) is 41.3 Å². The molecule has 0 saturated heterocycles. The second-order valence-corrected chi connectivity index (χ2v) is 6.09. The van der Waals surface area contributed by atoms with Crippen molar-refractivity contribution in [3.63, 3.8) is 0 Å². The third-order valence-corrected chi connectivity index (χ3v) is 4.55. The third kappa shape index (κ3) is 2.64. The number of hydrogen-bond acceptors (Lipinski definition) is 3. The SMILES string of the molecule is CCCN[C@@H]1CCc2nc(C(C)C)sc2C1. The number of aromatic nitrogens is 1. The summed E-state index contributed by atoms with van der Waals surface area (Å²) in [6.45, 7) is 7.84. The van der Waals surface area contributed by atoms with Gasteiger partial charge in [0, 0.05) is 16.8 Å². The predicted octanol–water partition coefficient (Wildman–Crippen LogP) is 3.12. The van der Waals surface area contributed by atoms with Gasteiger partial charge >= 0.3 is 0 Å². The number of hydrogen-bond donors (Lipinski definition) is 1. The van der Waals surface area contributed by atoms with Gasteiger partial charge < -0.3 is 5.32 Å². The summed E-state index contributed by atoms with van der Waals surface area (Å²) in [5.41, 5.74) is 1.38. The largest absolute Gasteiger partial charge is 0.314 e. The van der Waals surface area contributed by atoms with Crippen molar-refractivity contribution in [2.45, 2.75) is 58.4 Å². The molecule has 0 radical (unpaired) electrons. The molecule has 0 amide bonds. The molecule has 0 unspecified atom stereocenters. The van der Waals surface area contributed by atoms with Crippen molar-refractivity contribution in [3.8, 4) is 0 Å². The molecule has 1 aliphatic rings. The maximum Gasteiger partial charge on any atom is 0.0956 e. The molecule has 1 aromatic heterocycles. The second kappa shape index (κ2) is 5.28. The van der Waals surface area contributed by atoms with Crippen molar-refractivity contribution in [1.82, 2.24) is 10.3 Å². The Balaban J connectivity index is 2.02. The van der Waals surface area contributed by atoms with Crippen LogP contribution < -0.4 is 5.32 Å². The number of nitrogens with zero attached hydrogens (tertiary/aromatic N) is 1. The molecule has 2 nitrogen and oxygen atoms in total. The van der Waals surface area contributed by atoms with Gasteiger partial charge in [0.15, 0.2) is 0 Å². The van der Waals surface area contributed by atoms with E-state index in [1.807, 2.05) is 11.3 Å². The van der Waals surface area contributed by atoms with E-state index in [0.717, 1.165) is 6.54 Å². The summed E-state index contributed by atoms with van der Waals surface area (Å²) in [7, 11) is 0. The molecule has 1 N–H and O–H groups in total. The first-order chi connectivity index (χ1) is 7.70. The van der Waals surface area contributed by atoms with Crippen molar-refractivity contribution in [2.24, 2.45) is 0 Å². The molecule has 2 rings (SSSR count). The Morgan fingerprint density at radius 3 is 3.00 bits per heavy atom. The summed E-state index contributed by atoms with van der Waals surface area (Å²) in [5.74, 6) is 0.581. The molecule has 0 fully saturated rings. The zero-order valence-corrected chi connectivity index (χ0v) is 11.4. The van der Waals surface area contributed by atoms with E-state index >= 15 is 0 Å². The zero-order valence-electron chi connectivity index (χ0n) is 10.5. The first kappa shape index (κ1) is 12.1. The topological polar surface area (TPSA) is 24.9 Å². The van der Waals surface area contributed by atoms with Crippen LogP contribution in [0.15, 0.2) is 0 Å². The van der Waals surface area contributed by atoms with Crippen molar-refractivity contribution >= 4 is 11.3 Å². The standard InChI is InChI=1S/C13H22N2S/c1-4-7-14-10-5-6-11-12(8-10)16-13(15-11)9(2)3/h9-10,14H,4-8H2,1-3H3/t10-/m1/s1. The summed E-state index contributed by atoms with van der Waals surface area (Å²) in [6, 6.07) is 0.688. The van der Waals surface area contributed by atoms with Crippen LogP contribution in [0.4, 0.5) is 0 Å². The summed E-state index contributed by atoms with van der Waals surface area (Å²) in [4.78, 5) is 6.29. The summed E-state index contributed by atoms with van der Waals surface area (Å²) < 4.78 is 0. The first-order valence-corrected chi connectivity index (χ1v) is 7.24. The average molecular weight is 238 g/mol. The third-order valence-electron chi connectivity index (χ3n) is 3.13. The van der Waals surface area contributed by atoms with Gasteiger partial charge in [-0.1, -0.05) is 20.8 Å². The Kier molecular flexibility index (Phi) is 3.98. The fourth-order valence-electron chi connectivity index (χ4n) is 2.16. The Morgan fingerprint density at radius 2 is 2.31 bits per heavy atom. The van der Waals surface area contributed by atoms with Crippen LogP contribution in [0.2, 0.25) is 0 Å². The van der Waals surface area contributed by atoms with Gasteiger partial charge in [0.1, 0.15) is 0 Å². The highest BCUT2D eigenvalue weighted by Crippen LogP contribution is 2.30. The highest BCUT2D eigenvalue weighted by atomic mass is 32.1. The summed E-state index contributed by atoms with van der Waals surface area (Å²) in [6.07, 6.45) is 4.84. The molecule has 16 heavy (non-hydrogen) atoms. The average Bonchev–Trinajstić information content (AvgIpc) is 2.69. The monoisotopic (exact) mass is 238 g/mol. The van der Waals surface area contributed by atoms with Crippen molar-refractivity contribution in [3.05, 3.63) is 15.6 Å². The fourth-order valence-corrected chi connectivity index (χ4v) is 3.36. The number of fused-ring (bicyclic) bond motifs is 1. The summed E-state index contributed by atoms with van der Waals surface area (Å²) >= 11 is 1.93. The van der Waals surface area contributed by atoms with Gasteiger partial charge in [-0.15, -0.1) is 11.3 Å². The molecule has 0 bridgehead atoms. The molecule has 0 spiro atoms.